The molecule has 0 amide bonds. The normalized spacial score (nSPS) is 11.7. The maximum Gasteiger partial charge on any atom is 0.307 e. The number of carbonyl (C=O) groups is 1. The van der Waals surface area contributed by atoms with Crippen LogP contribution in [0, 0.1) is 5.82 Å². The van der Waals surface area contributed by atoms with E-state index in [4.69, 9.17) is 15.6 Å². The number of anilines is 1. The zero-order valence-corrected chi connectivity index (χ0v) is 17.7. The van der Waals surface area contributed by atoms with Gasteiger partial charge in [0, 0.05) is 35.0 Å². The van der Waals surface area contributed by atoms with Gasteiger partial charge >= 0.3 is 5.97 Å². The number of ether oxygens (including phenoxy) is 1. The average Bonchev–Trinajstić information content (AvgIpc) is 2.73. The quantitative estimate of drug-likeness (QED) is 0.444. The second kappa shape index (κ2) is 10.1. The Kier molecular flexibility index (Phi) is 7.26. The van der Waals surface area contributed by atoms with Gasteiger partial charge in [-0.2, -0.15) is 0 Å². The molecule has 6 heteroatoms. The van der Waals surface area contributed by atoms with Crippen LogP contribution in [-0.4, -0.2) is 17.6 Å². The summed E-state index contributed by atoms with van der Waals surface area (Å²) in [6.07, 6.45) is -0.117. The summed E-state index contributed by atoms with van der Waals surface area (Å²) in [6, 6.07) is 17.6. The molecule has 0 bridgehead atoms. The van der Waals surface area contributed by atoms with Crippen molar-refractivity contribution < 1.29 is 19.0 Å². The Morgan fingerprint density at radius 1 is 1.16 bits per heavy atom. The van der Waals surface area contributed by atoms with Crippen LogP contribution < -0.4 is 15.8 Å². The van der Waals surface area contributed by atoms with E-state index < -0.39 is 12.0 Å². The molecule has 0 saturated heterocycles. The first kappa shape index (κ1) is 22.3. The highest BCUT2D eigenvalue weighted by Gasteiger charge is 2.14. The van der Waals surface area contributed by atoms with Crippen LogP contribution in [0.25, 0.3) is 11.1 Å². The van der Waals surface area contributed by atoms with E-state index >= 15 is 4.39 Å². The number of aliphatic carboxylic acids is 1. The van der Waals surface area contributed by atoms with E-state index in [1.807, 2.05) is 25.1 Å². The van der Waals surface area contributed by atoms with E-state index in [1.54, 1.807) is 49.4 Å². The minimum atomic E-state index is -0.919. The van der Waals surface area contributed by atoms with Crippen molar-refractivity contribution in [3.05, 3.63) is 83.2 Å². The van der Waals surface area contributed by atoms with Crippen molar-refractivity contribution in [1.82, 2.24) is 0 Å². The molecule has 0 saturated carbocycles. The number of carboxylic acid groups (broad SMARTS) is 1. The van der Waals surface area contributed by atoms with Gasteiger partial charge < -0.3 is 20.9 Å². The zero-order chi connectivity index (χ0) is 22.4. The van der Waals surface area contributed by atoms with Gasteiger partial charge in [0.05, 0.1) is 6.42 Å². The molecule has 0 aliphatic rings. The fourth-order valence-electron chi connectivity index (χ4n) is 3.48. The average molecular weight is 423 g/mol. The third-order valence-corrected chi connectivity index (χ3v) is 4.91. The van der Waals surface area contributed by atoms with Crippen LogP contribution in [0.3, 0.4) is 0 Å². The molecule has 0 aliphatic carbocycles. The van der Waals surface area contributed by atoms with E-state index in [2.05, 4.69) is 5.32 Å². The number of hydrogen-bond acceptors (Lipinski definition) is 4. The van der Waals surface area contributed by atoms with E-state index in [0.717, 1.165) is 16.8 Å². The summed E-state index contributed by atoms with van der Waals surface area (Å²) in [6.45, 7) is 4.68. The van der Waals surface area contributed by atoms with Crippen molar-refractivity contribution in [3.8, 4) is 16.9 Å². The molecule has 0 radical (unpaired) electrons. The molecule has 0 spiro atoms. The van der Waals surface area contributed by atoms with Gasteiger partial charge in [0.25, 0.3) is 0 Å². The number of benzene rings is 3. The number of hydrogen-bond donors (Lipinski definition) is 3. The van der Waals surface area contributed by atoms with Crippen molar-refractivity contribution in [2.45, 2.75) is 32.9 Å². The number of para-hydroxylation sites is 1. The summed E-state index contributed by atoms with van der Waals surface area (Å²) in [4.78, 5) is 11.1. The van der Waals surface area contributed by atoms with Crippen LogP contribution in [0.15, 0.2) is 60.7 Å². The summed E-state index contributed by atoms with van der Waals surface area (Å²) in [5.41, 5.74) is 9.87. The van der Waals surface area contributed by atoms with Crippen LogP contribution >= 0.6 is 0 Å². The van der Waals surface area contributed by atoms with Gasteiger partial charge in [0.15, 0.2) is 0 Å². The molecule has 31 heavy (non-hydrogen) atoms. The first-order valence-corrected chi connectivity index (χ1v) is 10.2. The van der Waals surface area contributed by atoms with Crippen molar-refractivity contribution >= 4 is 11.7 Å². The Hall–Kier alpha value is -3.38. The first-order valence-electron chi connectivity index (χ1n) is 10.2. The minimum absolute atomic E-state index is 0.117. The lowest BCUT2D eigenvalue weighted by Crippen LogP contribution is -2.08. The maximum atomic E-state index is 15.1. The van der Waals surface area contributed by atoms with Gasteiger partial charge in [-0.1, -0.05) is 36.4 Å². The lowest BCUT2D eigenvalue weighted by molar-refractivity contribution is -0.136. The molecule has 0 fully saturated rings. The number of nitrogens with two attached hydrogens (primary N) is 1. The molecule has 1 atom stereocenters. The zero-order valence-electron chi connectivity index (χ0n) is 17.7. The molecule has 1 unspecified atom stereocenters. The largest absolute Gasteiger partial charge is 0.489 e. The molecule has 5 nitrogen and oxygen atoms in total. The third-order valence-electron chi connectivity index (χ3n) is 4.91. The summed E-state index contributed by atoms with van der Waals surface area (Å²) >= 11 is 0. The molecule has 3 rings (SSSR count). The molecular weight excluding hydrogens is 395 g/mol. The molecule has 3 aromatic rings. The molecule has 3 aromatic carbocycles. The Balaban J connectivity index is 1.94. The lowest BCUT2D eigenvalue weighted by atomic mass is 9.97. The number of rotatable bonds is 9. The molecule has 162 valence electrons. The molecule has 0 aromatic heterocycles. The van der Waals surface area contributed by atoms with Crippen molar-refractivity contribution in [2.24, 2.45) is 5.73 Å². The summed E-state index contributed by atoms with van der Waals surface area (Å²) in [5, 5.41) is 12.4. The number of nitrogens with one attached hydrogen (secondary N) is 1. The van der Waals surface area contributed by atoms with Crippen molar-refractivity contribution in [1.29, 1.82) is 0 Å². The van der Waals surface area contributed by atoms with Gasteiger partial charge in [-0.05, 0) is 49.2 Å². The van der Waals surface area contributed by atoms with Crippen LogP contribution in [0.2, 0.25) is 0 Å². The Bertz CT molecular complexity index is 1070. The minimum Gasteiger partial charge on any atom is -0.489 e. The van der Waals surface area contributed by atoms with Crippen LogP contribution in [0.5, 0.6) is 5.75 Å². The number of carboxylic acids is 1. The van der Waals surface area contributed by atoms with Gasteiger partial charge in [-0.25, -0.2) is 4.39 Å². The SMILES string of the molecule is CCNc1cc(COc2ccccc2CC(=O)O)cc(-c2cccc(C(C)N)c2F)c1. The highest BCUT2D eigenvalue weighted by molar-refractivity contribution is 5.72. The summed E-state index contributed by atoms with van der Waals surface area (Å²) in [7, 11) is 0. The Morgan fingerprint density at radius 2 is 1.94 bits per heavy atom. The standard InChI is InChI=1S/C25H27FN2O3/c1-3-28-20-12-17(15-31-23-10-5-4-7-18(23)14-24(29)30)11-19(13-20)22-9-6-8-21(16(2)27)25(22)26/h4-13,16,28H,3,14-15,27H2,1-2H3,(H,29,30). The molecule has 4 N–H and O–H groups in total. The van der Waals surface area contributed by atoms with E-state index in [1.165, 1.54) is 0 Å². The Labute approximate surface area is 181 Å². The van der Waals surface area contributed by atoms with E-state index in [9.17, 15) is 4.79 Å². The lowest BCUT2D eigenvalue weighted by Gasteiger charge is -2.15. The topological polar surface area (TPSA) is 84.6 Å². The number of halogens is 1. The molecule has 0 heterocycles. The van der Waals surface area contributed by atoms with E-state index in [0.29, 0.717) is 29.0 Å². The van der Waals surface area contributed by atoms with E-state index in [-0.39, 0.29) is 18.8 Å². The predicted octanol–water partition coefficient (Wildman–Crippen LogP) is 5.15. The molecule has 0 aliphatic heterocycles. The monoisotopic (exact) mass is 422 g/mol. The fourth-order valence-corrected chi connectivity index (χ4v) is 3.48. The third kappa shape index (κ3) is 5.61. The smallest absolute Gasteiger partial charge is 0.307 e. The van der Waals surface area contributed by atoms with Crippen molar-refractivity contribution in [2.75, 3.05) is 11.9 Å². The summed E-state index contributed by atoms with van der Waals surface area (Å²) < 4.78 is 21.0. The Morgan fingerprint density at radius 3 is 2.65 bits per heavy atom. The van der Waals surface area contributed by atoms with Gasteiger partial charge in [0.2, 0.25) is 0 Å². The first-order chi connectivity index (χ1) is 14.9. The second-order valence-electron chi connectivity index (χ2n) is 7.41. The summed E-state index contributed by atoms with van der Waals surface area (Å²) in [5.74, 6) is -0.729. The van der Waals surface area contributed by atoms with Gasteiger partial charge in [0.1, 0.15) is 18.2 Å². The van der Waals surface area contributed by atoms with Crippen LogP contribution in [-0.2, 0) is 17.8 Å². The van der Waals surface area contributed by atoms with Gasteiger partial charge in [-0.3, -0.25) is 4.79 Å². The molecular formula is C25H27FN2O3. The fraction of sp³-hybridized carbons (Fsp3) is 0.240. The van der Waals surface area contributed by atoms with Crippen LogP contribution in [0.1, 0.15) is 36.6 Å². The second-order valence-corrected chi connectivity index (χ2v) is 7.41. The van der Waals surface area contributed by atoms with Gasteiger partial charge in [-0.15, -0.1) is 0 Å². The highest BCUT2D eigenvalue weighted by Crippen LogP contribution is 2.31. The van der Waals surface area contributed by atoms with Crippen LogP contribution in [0.4, 0.5) is 10.1 Å². The van der Waals surface area contributed by atoms with Crippen molar-refractivity contribution in [3.63, 3.8) is 0 Å². The predicted molar refractivity (Wildman–Crippen MR) is 121 cm³/mol. The maximum absolute atomic E-state index is 15.1. The highest BCUT2D eigenvalue weighted by atomic mass is 19.1.